The smallest absolute Gasteiger partial charge is 0.309 e. The van der Waals surface area contributed by atoms with Gasteiger partial charge in [0.05, 0.1) is 69.9 Å². The molecule has 0 amide bonds. The van der Waals surface area contributed by atoms with E-state index >= 15 is 0 Å². The molecular weight excluding hydrogens is 729 g/mol. The Morgan fingerprint density at radius 1 is 0.500 bits per heavy atom. The Morgan fingerprint density at radius 3 is 1.34 bits per heavy atom. The summed E-state index contributed by atoms with van der Waals surface area (Å²) in [5.74, 6) is 0. The Morgan fingerprint density at radius 2 is 0.946 bits per heavy atom. The lowest BCUT2D eigenvalue weighted by molar-refractivity contribution is -0.142. The highest BCUT2D eigenvalue weighted by Crippen LogP contribution is 2.45. The molecule has 0 N–H and O–H groups in total. The maximum Gasteiger partial charge on any atom is 0.417 e. The predicted octanol–water partition coefficient (Wildman–Crippen LogP) is 12.3. The van der Waals surface area contributed by atoms with Crippen LogP contribution < -0.4 is 0 Å². The summed E-state index contributed by atoms with van der Waals surface area (Å²) in [6, 6.07) is 29.3. The molecule has 0 spiro atoms. The lowest BCUT2D eigenvalue weighted by Gasteiger charge is -2.21. The normalized spacial score (nSPS) is 11.7. The third-order valence-electron chi connectivity index (χ3n) is 9.67. The van der Waals surface area contributed by atoms with Crippen LogP contribution in [-0.4, -0.2) is 9.13 Å². The quantitative estimate of drug-likeness (QED) is 0.133. The van der Waals surface area contributed by atoms with Crippen LogP contribution in [0.1, 0.15) is 27.8 Å². The van der Waals surface area contributed by atoms with Crippen molar-refractivity contribution in [3.63, 3.8) is 0 Å². The average molecular weight is 746 g/mol. The van der Waals surface area contributed by atoms with E-state index in [1.807, 2.05) is 0 Å². The van der Waals surface area contributed by atoms with Gasteiger partial charge in [0.2, 0.25) is 0 Å². The average Bonchev–Trinajstić information content (AvgIpc) is 3.69. The fourth-order valence-corrected chi connectivity index (χ4v) is 7.25. The van der Waals surface area contributed by atoms with Crippen molar-refractivity contribution in [1.82, 2.24) is 9.13 Å². The van der Waals surface area contributed by atoms with Crippen LogP contribution in [0.4, 0.5) is 37.7 Å². The molecule has 8 rings (SSSR count). The Hall–Kier alpha value is -8.05. The number of alkyl halides is 6. The predicted molar refractivity (Wildman–Crippen MR) is 197 cm³/mol. The van der Waals surface area contributed by atoms with E-state index in [1.165, 1.54) is 36.4 Å². The molecule has 0 bridgehead atoms. The van der Waals surface area contributed by atoms with Gasteiger partial charge in [0.15, 0.2) is 11.4 Å². The molecular formula is C43H17F6N7. The van der Waals surface area contributed by atoms with E-state index in [4.69, 9.17) is 13.1 Å². The lowest BCUT2D eigenvalue weighted by Crippen LogP contribution is -2.12. The number of benzene rings is 6. The molecule has 0 saturated carbocycles. The number of aromatic nitrogens is 2. The van der Waals surface area contributed by atoms with Gasteiger partial charge in [-0.15, -0.1) is 0 Å². The Labute approximate surface area is 312 Å². The van der Waals surface area contributed by atoms with Gasteiger partial charge in [-0.3, -0.25) is 0 Å². The highest BCUT2D eigenvalue weighted by molar-refractivity contribution is 6.12. The number of halogens is 6. The highest BCUT2D eigenvalue weighted by Gasteiger charge is 2.39. The van der Waals surface area contributed by atoms with E-state index in [1.54, 1.807) is 57.7 Å². The molecule has 2 heterocycles. The van der Waals surface area contributed by atoms with Crippen molar-refractivity contribution in [2.45, 2.75) is 12.4 Å². The minimum atomic E-state index is -5.26. The van der Waals surface area contributed by atoms with Crippen LogP contribution in [0.3, 0.4) is 0 Å². The van der Waals surface area contributed by atoms with Gasteiger partial charge in [-0.2, -0.15) is 42.1 Å². The van der Waals surface area contributed by atoms with Crippen molar-refractivity contribution < 1.29 is 26.3 Å². The molecule has 7 nitrogen and oxygen atoms in total. The third kappa shape index (κ3) is 5.41. The second-order valence-electron chi connectivity index (χ2n) is 12.7. The van der Waals surface area contributed by atoms with Gasteiger partial charge in [-0.1, -0.05) is 42.5 Å². The standard InChI is InChI=1S/C43H17F6N7/c1-53-27-6-11-32-30-8-3-23(20-50)13-36(30)55(40(32)18-27)38-15-25(29-10-5-26(42(44,45)46)17-35(29)43(47,48)49)16-39(34(38)22-52)56-37-14-24(21-51)4-9-31(37)33-12-7-28(54-2)19-41(33)56/h3-19H. The van der Waals surface area contributed by atoms with Gasteiger partial charge < -0.3 is 9.13 Å². The molecule has 6 aromatic carbocycles. The fourth-order valence-electron chi connectivity index (χ4n) is 7.25. The van der Waals surface area contributed by atoms with Crippen molar-refractivity contribution in [2.24, 2.45) is 0 Å². The molecule has 0 saturated heterocycles. The number of rotatable bonds is 3. The first kappa shape index (κ1) is 35.0. The van der Waals surface area contributed by atoms with Gasteiger partial charge in [-0.25, -0.2) is 9.69 Å². The van der Waals surface area contributed by atoms with Crippen molar-refractivity contribution in [3.05, 3.63) is 154 Å². The first-order valence-electron chi connectivity index (χ1n) is 16.4. The largest absolute Gasteiger partial charge is 0.417 e. The molecule has 0 fully saturated rings. The van der Waals surface area contributed by atoms with Crippen LogP contribution in [0.15, 0.2) is 103 Å². The van der Waals surface area contributed by atoms with Crippen molar-refractivity contribution in [1.29, 1.82) is 15.8 Å². The van der Waals surface area contributed by atoms with Crippen LogP contribution in [0.25, 0.3) is 75.8 Å². The zero-order valence-corrected chi connectivity index (χ0v) is 28.2. The fraction of sp³-hybridized carbons (Fsp3) is 0.0465. The summed E-state index contributed by atoms with van der Waals surface area (Å²) >= 11 is 0. The highest BCUT2D eigenvalue weighted by atomic mass is 19.4. The molecule has 0 atom stereocenters. The molecule has 2 aromatic heterocycles. The zero-order chi connectivity index (χ0) is 39.7. The number of fused-ring (bicyclic) bond motifs is 6. The number of nitriles is 3. The summed E-state index contributed by atoms with van der Waals surface area (Å²) in [7, 11) is 0. The van der Waals surface area contributed by atoms with Gasteiger partial charge in [0, 0.05) is 32.6 Å². The Balaban J connectivity index is 1.62. The second-order valence-corrected chi connectivity index (χ2v) is 12.7. The number of nitrogens with zero attached hydrogens (tertiary/aromatic N) is 7. The molecule has 0 aliphatic heterocycles. The van der Waals surface area contributed by atoms with E-state index < -0.39 is 29.0 Å². The summed E-state index contributed by atoms with van der Waals surface area (Å²) in [6.07, 6.45) is -10.4. The molecule has 0 aliphatic rings. The van der Waals surface area contributed by atoms with Crippen LogP contribution in [0.2, 0.25) is 0 Å². The monoisotopic (exact) mass is 745 g/mol. The van der Waals surface area contributed by atoms with Crippen molar-refractivity contribution >= 4 is 55.0 Å². The molecule has 13 heteroatoms. The van der Waals surface area contributed by atoms with E-state index in [9.17, 15) is 42.1 Å². The van der Waals surface area contributed by atoms with Gasteiger partial charge in [0.25, 0.3) is 0 Å². The van der Waals surface area contributed by atoms with Crippen LogP contribution in [-0.2, 0) is 12.4 Å². The van der Waals surface area contributed by atoms with Crippen molar-refractivity contribution in [2.75, 3.05) is 0 Å². The van der Waals surface area contributed by atoms with Gasteiger partial charge in [0.1, 0.15) is 11.6 Å². The first-order valence-corrected chi connectivity index (χ1v) is 16.4. The summed E-state index contributed by atoms with van der Waals surface area (Å²) in [5.41, 5.74) is -1.86. The zero-order valence-electron chi connectivity index (χ0n) is 28.2. The Bertz CT molecular complexity index is 2930. The summed E-state index contributed by atoms with van der Waals surface area (Å²) in [6.45, 7) is 15.4. The third-order valence-corrected chi connectivity index (χ3v) is 9.67. The molecule has 56 heavy (non-hydrogen) atoms. The summed E-state index contributed by atoms with van der Waals surface area (Å²) in [4.78, 5) is 7.08. The molecule has 8 aromatic rings. The molecule has 266 valence electrons. The maximum absolute atomic E-state index is 14.8. The van der Waals surface area contributed by atoms with E-state index in [2.05, 4.69) is 27.9 Å². The van der Waals surface area contributed by atoms with Gasteiger partial charge >= 0.3 is 12.4 Å². The van der Waals surface area contributed by atoms with E-state index in [0.29, 0.717) is 49.7 Å². The van der Waals surface area contributed by atoms with Gasteiger partial charge in [-0.05, 0) is 71.8 Å². The van der Waals surface area contributed by atoms with E-state index in [0.717, 1.165) is 6.07 Å². The van der Waals surface area contributed by atoms with Crippen molar-refractivity contribution in [3.8, 4) is 40.7 Å². The maximum atomic E-state index is 14.8. The topological polar surface area (TPSA) is 89.9 Å². The lowest BCUT2D eigenvalue weighted by atomic mass is 9.94. The SMILES string of the molecule is [C-]#[N+]c1ccc2c3ccc(C#N)cc3n(-c3cc(-c4ccc(C(F)(F)F)cc4C(F)(F)F)cc(-n4c5cc(C#N)ccc5c5ccc([N+]#[C-])cc54)c3C#N)c2c1. The van der Waals surface area contributed by atoms with Crippen LogP contribution in [0, 0.1) is 47.1 Å². The number of hydrogen-bond acceptors (Lipinski definition) is 3. The first-order chi connectivity index (χ1) is 26.8. The van der Waals surface area contributed by atoms with E-state index in [-0.39, 0.29) is 51.1 Å². The molecule has 0 unspecified atom stereocenters. The molecule has 0 radical (unpaired) electrons. The minimum Gasteiger partial charge on any atom is -0.309 e. The summed E-state index contributed by atoms with van der Waals surface area (Å²) in [5, 5.41) is 33.1. The summed E-state index contributed by atoms with van der Waals surface area (Å²) < 4.78 is 89.0. The Kier molecular flexibility index (Phi) is 7.83. The van der Waals surface area contributed by atoms with Crippen LogP contribution >= 0.6 is 0 Å². The minimum absolute atomic E-state index is 0.0157. The second kappa shape index (κ2) is 12.5. The molecule has 0 aliphatic carbocycles. The number of hydrogen-bond donors (Lipinski definition) is 0. The van der Waals surface area contributed by atoms with Crippen LogP contribution in [0.5, 0.6) is 0 Å².